The van der Waals surface area contributed by atoms with E-state index in [-0.39, 0.29) is 5.91 Å². The highest BCUT2D eigenvalue weighted by atomic mass is 32.2. The van der Waals surface area contributed by atoms with Gasteiger partial charge in [-0.3, -0.25) is 4.79 Å². The van der Waals surface area contributed by atoms with Crippen molar-refractivity contribution < 1.29 is 9.53 Å². The number of hydrogen-bond acceptors (Lipinski definition) is 5. The van der Waals surface area contributed by atoms with Gasteiger partial charge < -0.3 is 10.1 Å². The summed E-state index contributed by atoms with van der Waals surface area (Å²) in [6.07, 6.45) is 6.02. The van der Waals surface area contributed by atoms with Crippen LogP contribution in [0.25, 0.3) is 0 Å². The number of amides is 1. The predicted octanol–water partition coefficient (Wildman–Crippen LogP) is 0.965. The van der Waals surface area contributed by atoms with E-state index in [0.29, 0.717) is 23.2 Å². The lowest BCUT2D eigenvalue weighted by Gasteiger charge is -2.09. The van der Waals surface area contributed by atoms with Gasteiger partial charge in [-0.15, -0.1) is 0 Å². The zero-order chi connectivity index (χ0) is 12.1. The number of hydrogen-bond donors (Lipinski definition) is 1. The highest BCUT2D eigenvalue weighted by molar-refractivity contribution is 7.98. The molecule has 1 unspecified atom stereocenters. The minimum Gasteiger partial charge on any atom is -0.381 e. The molecule has 1 saturated heterocycles. The van der Waals surface area contributed by atoms with Crippen LogP contribution in [0.4, 0.5) is 0 Å². The van der Waals surface area contributed by atoms with Crippen LogP contribution >= 0.6 is 11.8 Å². The van der Waals surface area contributed by atoms with Crippen LogP contribution in [0.15, 0.2) is 17.6 Å². The number of nitrogens with zero attached hydrogens (tertiary/aromatic N) is 2. The summed E-state index contributed by atoms with van der Waals surface area (Å²) < 4.78 is 5.25. The van der Waals surface area contributed by atoms with Crippen molar-refractivity contribution in [3.8, 4) is 0 Å². The number of rotatable bonds is 4. The average Bonchev–Trinajstić information content (AvgIpc) is 2.89. The van der Waals surface area contributed by atoms with Crippen molar-refractivity contribution in [2.24, 2.45) is 5.92 Å². The highest BCUT2D eigenvalue weighted by Gasteiger charge is 2.16. The van der Waals surface area contributed by atoms with E-state index in [2.05, 4.69) is 15.3 Å². The number of nitrogens with one attached hydrogen (secondary N) is 1. The number of thioether (sulfide) groups is 1. The van der Waals surface area contributed by atoms with Gasteiger partial charge in [0, 0.05) is 31.5 Å². The highest BCUT2D eigenvalue weighted by Crippen LogP contribution is 2.11. The molecule has 1 aliphatic heterocycles. The number of carbonyl (C=O) groups excluding carboxylic acids is 1. The maximum absolute atomic E-state index is 11.8. The summed E-state index contributed by atoms with van der Waals surface area (Å²) in [6.45, 7) is 2.19. The van der Waals surface area contributed by atoms with Crippen LogP contribution in [0.3, 0.4) is 0 Å². The Hall–Kier alpha value is -1.14. The lowest BCUT2D eigenvalue weighted by atomic mass is 10.1. The second-order valence-corrected chi connectivity index (χ2v) is 4.67. The van der Waals surface area contributed by atoms with E-state index in [1.54, 1.807) is 12.4 Å². The van der Waals surface area contributed by atoms with Crippen LogP contribution in [-0.2, 0) is 4.74 Å². The van der Waals surface area contributed by atoms with Gasteiger partial charge in [0.05, 0.1) is 12.2 Å². The van der Waals surface area contributed by atoms with Crippen LogP contribution in [0, 0.1) is 5.92 Å². The van der Waals surface area contributed by atoms with Gasteiger partial charge >= 0.3 is 0 Å². The molecule has 0 saturated carbocycles. The molecule has 0 spiro atoms. The van der Waals surface area contributed by atoms with Crippen molar-refractivity contribution in [1.82, 2.24) is 15.3 Å². The summed E-state index contributed by atoms with van der Waals surface area (Å²) >= 11 is 1.45. The second kappa shape index (κ2) is 5.97. The Labute approximate surface area is 104 Å². The predicted molar refractivity (Wildman–Crippen MR) is 65.1 cm³/mol. The van der Waals surface area contributed by atoms with E-state index in [0.717, 1.165) is 19.6 Å². The molecule has 2 rings (SSSR count). The van der Waals surface area contributed by atoms with Gasteiger partial charge in [-0.05, 0) is 12.7 Å². The lowest BCUT2D eigenvalue weighted by Crippen LogP contribution is -2.29. The third-order valence-electron chi connectivity index (χ3n) is 2.65. The summed E-state index contributed by atoms with van der Waals surface area (Å²) in [5.41, 5.74) is 0.502. The van der Waals surface area contributed by atoms with Gasteiger partial charge in [-0.25, -0.2) is 9.97 Å². The Kier molecular flexibility index (Phi) is 4.33. The van der Waals surface area contributed by atoms with Crippen LogP contribution in [-0.4, -0.2) is 41.9 Å². The molecule has 1 amide bonds. The molecular weight excluding hydrogens is 238 g/mol. The Morgan fingerprint density at radius 2 is 2.35 bits per heavy atom. The van der Waals surface area contributed by atoms with Crippen LogP contribution in [0.5, 0.6) is 0 Å². The molecule has 0 radical (unpaired) electrons. The zero-order valence-corrected chi connectivity index (χ0v) is 10.5. The summed E-state index contributed by atoms with van der Waals surface area (Å²) in [4.78, 5) is 19.9. The number of ether oxygens (including phenoxy) is 1. The molecule has 92 valence electrons. The van der Waals surface area contributed by atoms with E-state index >= 15 is 0 Å². The maximum Gasteiger partial charge on any atom is 0.254 e. The average molecular weight is 253 g/mol. The summed E-state index contributed by atoms with van der Waals surface area (Å²) in [5, 5.41) is 3.54. The first-order valence-corrected chi connectivity index (χ1v) is 6.74. The molecule has 0 aliphatic carbocycles. The minimum atomic E-state index is -0.121. The molecule has 6 heteroatoms. The fraction of sp³-hybridized carbons (Fsp3) is 0.545. The van der Waals surface area contributed by atoms with Gasteiger partial charge in [-0.2, -0.15) is 0 Å². The zero-order valence-electron chi connectivity index (χ0n) is 9.68. The molecule has 1 aliphatic rings. The topological polar surface area (TPSA) is 64.1 Å². The molecule has 0 aromatic carbocycles. The Morgan fingerprint density at radius 1 is 1.59 bits per heavy atom. The monoisotopic (exact) mass is 253 g/mol. The van der Waals surface area contributed by atoms with Gasteiger partial charge in [0.15, 0.2) is 5.16 Å². The van der Waals surface area contributed by atoms with E-state index in [9.17, 15) is 4.79 Å². The Bertz CT molecular complexity index is 377. The third kappa shape index (κ3) is 3.41. The fourth-order valence-corrected chi connectivity index (χ4v) is 1.94. The smallest absolute Gasteiger partial charge is 0.254 e. The normalized spacial score (nSPS) is 19.2. The van der Waals surface area contributed by atoms with Gasteiger partial charge in [0.2, 0.25) is 0 Å². The van der Waals surface area contributed by atoms with E-state index in [1.807, 2.05) is 6.26 Å². The van der Waals surface area contributed by atoms with Crippen molar-refractivity contribution in [2.45, 2.75) is 11.6 Å². The largest absolute Gasteiger partial charge is 0.381 e. The first kappa shape index (κ1) is 12.3. The standard InChI is InChI=1S/C11H15N3O2S/c1-17-11-13-5-9(6-14-11)10(15)12-4-8-2-3-16-7-8/h5-6,8H,2-4,7H2,1H3,(H,12,15). The van der Waals surface area contributed by atoms with Crippen molar-refractivity contribution in [2.75, 3.05) is 26.0 Å². The van der Waals surface area contributed by atoms with Crippen LogP contribution in [0.2, 0.25) is 0 Å². The van der Waals surface area contributed by atoms with E-state index in [4.69, 9.17) is 4.74 Å². The quantitative estimate of drug-likeness (QED) is 0.639. The fourth-order valence-electron chi connectivity index (χ4n) is 1.62. The maximum atomic E-state index is 11.8. The number of aromatic nitrogens is 2. The second-order valence-electron chi connectivity index (χ2n) is 3.90. The van der Waals surface area contributed by atoms with Crippen molar-refractivity contribution in [3.05, 3.63) is 18.0 Å². The van der Waals surface area contributed by atoms with Crippen molar-refractivity contribution in [1.29, 1.82) is 0 Å². The summed E-state index contributed by atoms with van der Waals surface area (Å²) in [6, 6.07) is 0. The van der Waals surface area contributed by atoms with Gasteiger partial charge in [-0.1, -0.05) is 11.8 Å². The van der Waals surface area contributed by atoms with Crippen molar-refractivity contribution in [3.63, 3.8) is 0 Å². The molecule has 17 heavy (non-hydrogen) atoms. The molecule has 1 aromatic rings. The first-order valence-electron chi connectivity index (χ1n) is 5.51. The molecular formula is C11H15N3O2S. The van der Waals surface area contributed by atoms with Crippen molar-refractivity contribution >= 4 is 17.7 Å². The molecule has 5 nitrogen and oxygen atoms in total. The summed E-state index contributed by atoms with van der Waals surface area (Å²) in [5.74, 6) is 0.315. The van der Waals surface area contributed by atoms with Gasteiger partial charge in [0.1, 0.15) is 0 Å². The molecule has 1 atom stereocenters. The first-order chi connectivity index (χ1) is 8.29. The minimum absolute atomic E-state index is 0.121. The molecule has 1 aromatic heterocycles. The van der Waals surface area contributed by atoms with E-state index in [1.165, 1.54) is 11.8 Å². The number of carbonyl (C=O) groups is 1. The van der Waals surface area contributed by atoms with Crippen LogP contribution in [0.1, 0.15) is 16.8 Å². The summed E-state index contributed by atoms with van der Waals surface area (Å²) in [7, 11) is 0. The van der Waals surface area contributed by atoms with E-state index < -0.39 is 0 Å². The lowest BCUT2D eigenvalue weighted by molar-refractivity contribution is 0.0944. The Morgan fingerprint density at radius 3 is 2.94 bits per heavy atom. The SMILES string of the molecule is CSc1ncc(C(=O)NCC2CCOC2)cn1. The Balaban J connectivity index is 1.85. The molecule has 2 heterocycles. The van der Waals surface area contributed by atoms with Gasteiger partial charge in [0.25, 0.3) is 5.91 Å². The molecule has 1 fully saturated rings. The molecule has 0 bridgehead atoms. The van der Waals surface area contributed by atoms with Crippen LogP contribution < -0.4 is 5.32 Å². The third-order valence-corrected chi connectivity index (χ3v) is 3.22. The molecule has 1 N–H and O–H groups in total.